The Kier molecular flexibility index (Phi) is 5.97. The van der Waals surface area contributed by atoms with E-state index in [4.69, 9.17) is 4.74 Å². The molecule has 5 aromatic rings. The fourth-order valence-electron chi connectivity index (χ4n) is 3.39. The number of para-hydroxylation sites is 1. The van der Waals surface area contributed by atoms with Crippen molar-refractivity contribution in [2.75, 3.05) is 4.90 Å². The van der Waals surface area contributed by atoms with Gasteiger partial charge in [0.1, 0.15) is 22.8 Å². The number of halogens is 2. The molecule has 5 rings (SSSR count). The first kappa shape index (κ1) is 21.7. The minimum Gasteiger partial charge on any atom is -0.457 e. The van der Waals surface area contributed by atoms with Crippen molar-refractivity contribution in [3.8, 4) is 11.5 Å². The molecule has 0 bridgehead atoms. The third-order valence-corrected chi connectivity index (χ3v) is 6.03. The van der Waals surface area contributed by atoms with Crippen LogP contribution in [0.2, 0.25) is 0 Å². The summed E-state index contributed by atoms with van der Waals surface area (Å²) in [5, 5.41) is 0.250. The van der Waals surface area contributed by atoms with Crippen molar-refractivity contribution in [1.29, 1.82) is 0 Å². The Bertz CT molecular complexity index is 1440. The lowest BCUT2D eigenvalue weighted by Crippen LogP contribution is -2.30. The number of hydrogen-bond donors (Lipinski definition) is 0. The van der Waals surface area contributed by atoms with Gasteiger partial charge in [0.2, 0.25) is 0 Å². The zero-order chi connectivity index (χ0) is 23.5. The Balaban J connectivity index is 1.47. The summed E-state index contributed by atoms with van der Waals surface area (Å²) >= 11 is 1.04. The fourth-order valence-corrected chi connectivity index (χ4v) is 4.39. The van der Waals surface area contributed by atoms with Gasteiger partial charge in [0, 0.05) is 17.8 Å². The highest BCUT2D eigenvalue weighted by Gasteiger charge is 2.23. The molecule has 3 aromatic carbocycles. The largest absolute Gasteiger partial charge is 0.457 e. The lowest BCUT2D eigenvalue weighted by molar-refractivity contribution is 0.0985. The summed E-state index contributed by atoms with van der Waals surface area (Å²) in [5.74, 6) is -0.558. The van der Waals surface area contributed by atoms with Crippen LogP contribution in [-0.4, -0.2) is 15.9 Å². The maximum absolute atomic E-state index is 14.3. The fraction of sp³-hybridized carbons (Fsp3) is 0.0385. The van der Waals surface area contributed by atoms with E-state index in [-0.39, 0.29) is 23.1 Å². The lowest BCUT2D eigenvalue weighted by Gasteiger charge is -2.19. The van der Waals surface area contributed by atoms with Crippen LogP contribution in [0, 0.1) is 11.6 Å². The van der Waals surface area contributed by atoms with Crippen LogP contribution in [-0.2, 0) is 6.54 Å². The van der Waals surface area contributed by atoms with E-state index in [2.05, 4.69) is 9.97 Å². The minimum atomic E-state index is -0.773. The molecule has 0 saturated heterocycles. The minimum absolute atomic E-state index is 0.0202. The maximum Gasteiger partial charge on any atom is 0.260 e. The number of rotatable bonds is 6. The van der Waals surface area contributed by atoms with E-state index < -0.39 is 11.6 Å². The van der Waals surface area contributed by atoms with Gasteiger partial charge in [0.05, 0.1) is 16.9 Å². The molecule has 5 nitrogen and oxygen atoms in total. The maximum atomic E-state index is 14.3. The molecule has 0 N–H and O–H groups in total. The molecular formula is C26H17F2N3O2S. The molecule has 0 aliphatic rings. The van der Waals surface area contributed by atoms with Gasteiger partial charge in [-0.05, 0) is 54.6 Å². The normalized spacial score (nSPS) is 10.9. The quantitative estimate of drug-likeness (QED) is 0.279. The van der Waals surface area contributed by atoms with Crippen LogP contribution in [0.25, 0.3) is 10.2 Å². The summed E-state index contributed by atoms with van der Waals surface area (Å²) in [4.78, 5) is 23.5. The van der Waals surface area contributed by atoms with Crippen molar-refractivity contribution < 1.29 is 18.3 Å². The molecule has 2 aromatic heterocycles. The summed E-state index contributed by atoms with van der Waals surface area (Å²) in [6.07, 6.45) is 1.63. The summed E-state index contributed by atoms with van der Waals surface area (Å²) in [7, 11) is 0. The van der Waals surface area contributed by atoms with E-state index in [1.54, 1.807) is 42.6 Å². The molecule has 0 saturated carbocycles. The Morgan fingerprint density at radius 2 is 1.65 bits per heavy atom. The number of ether oxygens (including phenoxy) is 1. The number of carbonyl (C=O) groups excluding carboxylic acids is 1. The molecule has 0 aliphatic carbocycles. The number of anilines is 1. The van der Waals surface area contributed by atoms with E-state index in [1.807, 2.05) is 36.4 Å². The van der Waals surface area contributed by atoms with Crippen molar-refractivity contribution in [2.45, 2.75) is 6.54 Å². The van der Waals surface area contributed by atoms with E-state index in [0.717, 1.165) is 17.4 Å². The van der Waals surface area contributed by atoms with Crippen LogP contribution < -0.4 is 9.64 Å². The first-order chi connectivity index (χ1) is 16.6. The molecule has 0 radical (unpaired) electrons. The van der Waals surface area contributed by atoms with Crippen LogP contribution in [0.4, 0.5) is 13.9 Å². The zero-order valence-electron chi connectivity index (χ0n) is 17.7. The molecule has 168 valence electrons. The molecular weight excluding hydrogens is 456 g/mol. The van der Waals surface area contributed by atoms with Crippen LogP contribution >= 0.6 is 11.3 Å². The van der Waals surface area contributed by atoms with Crippen LogP contribution in [0.5, 0.6) is 11.5 Å². The first-order valence-electron chi connectivity index (χ1n) is 10.4. The summed E-state index contributed by atoms with van der Waals surface area (Å²) in [6, 6.07) is 23.4. The number of thiazole rings is 1. The second kappa shape index (κ2) is 9.36. The van der Waals surface area contributed by atoms with Gasteiger partial charge >= 0.3 is 0 Å². The van der Waals surface area contributed by atoms with Crippen molar-refractivity contribution in [3.05, 3.63) is 114 Å². The number of amides is 1. The Labute approximate surface area is 197 Å². The third-order valence-electron chi connectivity index (χ3n) is 5.00. The Morgan fingerprint density at radius 1 is 0.912 bits per heavy atom. The van der Waals surface area contributed by atoms with E-state index >= 15 is 0 Å². The van der Waals surface area contributed by atoms with Gasteiger partial charge in [-0.15, -0.1) is 0 Å². The van der Waals surface area contributed by atoms with Gasteiger partial charge in [0.25, 0.3) is 5.91 Å². The average molecular weight is 474 g/mol. The number of pyridine rings is 1. The lowest BCUT2D eigenvalue weighted by atomic mass is 10.2. The molecule has 34 heavy (non-hydrogen) atoms. The number of aromatic nitrogens is 2. The second-order valence-electron chi connectivity index (χ2n) is 7.38. The Hall–Kier alpha value is -4.17. The number of carbonyl (C=O) groups is 1. The molecule has 0 fully saturated rings. The van der Waals surface area contributed by atoms with Crippen LogP contribution in [0.15, 0.2) is 91.1 Å². The predicted octanol–water partition coefficient (Wildman–Crippen LogP) is 6.61. The van der Waals surface area contributed by atoms with Crippen LogP contribution in [0.3, 0.4) is 0 Å². The second-order valence-corrected chi connectivity index (χ2v) is 8.39. The van der Waals surface area contributed by atoms with Gasteiger partial charge in [0.15, 0.2) is 10.9 Å². The van der Waals surface area contributed by atoms with Gasteiger partial charge < -0.3 is 4.74 Å². The van der Waals surface area contributed by atoms with Crippen molar-refractivity contribution in [2.24, 2.45) is 0 Å². The molecule has 0 aliphatic heterocycles. The molecule has 2 heterocycles. The monoisotopic (exact) mass is 473 g/mol. The zero-order valence-corrected chi connectivity index (χ0v) is 18.5. The smallest absolute Gasteiger partial charge is 0.260 e. The standard InChI is InChI=1S/C26H17F2N3O2S/c27-18-14-22(28)24-23(15-18)34-26(30-24)31(16-19-6-4-5-13-29-19)25(32)17-9-11-21(12-10-17)33-20-7-2-1-3-8-20/h1-15H,16H2. The Morgan fingerprint density at radius 3 is 2.38 bits per heavy atom. The molecule has 1 amide bonds. The SMILES string of the molecule is O=C(c1ccc(Oc2ccccc2)cc1)N(Cc1ccccn1)c1nc2c(F)cc(F)cc2s1. The predicted molar refractivity (Wildman–Crippen MR) is 127 cm³/mol. The number of benzene rings is 3. The third kappa shape index (κ3) is 4.62. The highest BCUT2D eigenvalue weighted by atomic mass is 32.1. The van der Waals surface area contributed by atoms with Crippen LogP contribution in [0.1, 0.15) is 16.1 Å². The van der Waals surface area contributed by atoms with Crippen molar-refractivity contribution in [3.63, 3.8) is 0 Å². The van der Waals surface area contributed by atoms with Gasteiger partial charge in [-0.3, -0.25) is 14.7 Å². The van der Waals surface area contributed by atoms with Gasteiger partial charge in [-0.2, -0.15) is 0 Å². The molecule has 8 heteroatoms. The number of hydrogen-bond acceptors (Lipinski definition) is 5. The molecule has 0 atom stereocenters. The summed E-state index contributed by atoms with van der Waals surface area (Å²) < 4.78 is 34.1. The molecule has 0 spiro atoms. The van der Waals surface area contributed by atoms with E-state index in [9.17, 15) is 13.6 Å². The van der Waals surface area contributed by atoms with Crippen molar-refractivity contribution in [1.82, 2.24) is 9.97 Å². The molecule has 0 unspecified atom stereocenters. The number of nitrogens with zero attached hydrogens (tertiary/aromatic N) is 3. The highest BCUT2D eigenvalue weighted by molar-refractivity contribution is 7.22. The topological polar surface area (TPSA) is 55.3 Å². The van der Waals surface area contributed by atoms with E-state index in [1.165, 1.54) is 11.0 Å². The first-order valence-corrected chi connectivity index (χ1v) is 11.2. The van der Waals surface area contributed by atoms with Gasteiger partial charge in [-0.1, -0.05) is 35.6 Å². The average Bonchev–Trinajstić information content (AvgIpc) is 3.28. The van der Waals surface area contributed by atoms with Gasteiger partial charge in [-0.25, -0.2) is 13.8 Å². The van der Waals surface area contributed by atoms with E-state index in [0.29, 0.717) is 27.5 Å². The van der Waals surface area contributed by atoms with Crippen molar-refractivity contribution >= 4 is 32.6 Å². The number of fused-ring (bicyclic) bond motifs is 1. The summed E-state index contributed by atoms with van der Waals surface area (Å²) in [5.41, 5.74) is 1.04. The highest BCUT2D eigenvalue weighted by Crippen LogP contribution is 2.33. The summed E-state index contributed by atoms with van der Waals surface area (Å²) in [6.45, 7) is 0.117.